The molecule has 2 aromatic carbocycles. The number of hydrogen-bond donors (Lipinski definition) is 0. The van der Waals surface area contributed by atoms with Crippen LogP contribution < -0.4 is 4.90 Å². The normalized spacial score (nSPS) is 10.2. The molecule has 0 saturated heterocycles. The Morgan fingerprint density at radius 1 is 1.10 bits per heavy atom. The van der Waals surface area contributed by atoms with Crippen molar-refractivity contribution in [1.29, 1.82) is 5.26 Å². The molecule has 96 valence electrons. The maximum atomic E-state index is 8.96. The van der Waals surface area contributed by atoms with Gasteiger partial charge in [0.2, 0.25) is 5.95 Å². The number of nitriles is 1. The molecule has 0 aliphatic carbocycles. The van der Waals surface area contributed by atoms with E-state index in [1.165, 1.54) is 0 Å². The molecule has 3 rings (SSSR count). The lowest BCUT2D eigenvalue weighted by Crippen LogP contribution is -2.13. The fourth-order valence-corrected chi connectivity index (χ4v) is 2.02. The van der Waals surface area contributed by atoms with Crippen molar-refractivity contribution in [2.45, 2.75) is 0 Å². The van der Waals surface area contributed by atoms with Crippen molar-refractivity contribution in [2.24, 2.45) is 0 Å². The fraction of sp³-hybridized carbons (Fsp3) is 0.0625. The lowest BCUT2D eigenvalue weighted by molar-refractivity contribution is 1.06. The van der Waals surface area contributed by atoms with Crippen molar-refractivity contribution in [3.8, 4) is 6.07 Å². The van der Waals surface area contributed by atoms with Gasteiger partial charge < -0.3 is 4.90 Å². The SMILES string of the molecule is CN(c1cccc(C#N)c1)c1ncc2ccccc2n1. The Morgan fingerprint density at radius 2 is 1.95 bits per heavy atom. The van der Waals surface area contributed by atoms with Crippen LogP contribution in [0.1, 0.15) is 5.56 Å². The first-order chi connectivity index (χ1) is 9.78. The van der Waals surface area contributed by atoms with Gasteiger partial charge in [0.25, 0.3) is 0 Å². The second-order valence-corrected chi connectivity index (χ2v) is 4.45. The average molecular weight is 260 g/mol. The quantitative estimate of drug-likeness (QED) is 0.709. The van der Waals surface area contributed by atoms with E-state index >= 15 is 0 Å². The van der Waals surface area contributed by atoms with E-state index in [-0.39, 0.29) is 0 Å². The van der Waals surface area contributed by atoms with E-state index < -0.39 is 0 Å². The Labute approximate surface area is 116 Å². The van der Waals surface area contributed by atoms with Gasteiger partial charge in [0.05, 0.1) is 17.1 Å². The molecule has 0 N–H and O–H groups in total. The summed E-state index contributed by atoms with van der Waals surface area (Å²) in [5, 5.41) is 9.97. The zero-order chi connectivity index (χ0) is 13.9. The average Bonchev–Trinajstić information content (AvgIpc) is 2.53. The molecule has 4 heteroatoms. The molecule has 20 heavy (non-hydrogen) atoms. The van der Waals surface area contributed by atoms with Gasteiger partial charge in [0, 0.05) is 24.3 Å². The third-order valence-electron chi connectivity index (χ3n) is 3.14. The van der Waals surface area contributed by atoms with Crippen molar-refractivity contribution in [3.63, 3.8) is 0 Å². The number of para-hydroxylation sites is 1. The van der Waals surface area contributed by atoms with E-state index in [9.17, 15) is 0 Å². The molecule has 3 aromatic rings. The number of hydrogen-bond acceptors (Lipinski definition) is 4. The van der Waals surface area contributed by atoms with Gasteiger partial charge in [-0.25, -0.2) is 9.97 Å². The predicted octanol–water partition coefficient (Wildman–Crippen LogP) is 3.27. The topological polar surface area (TPSA) is 52.8 Å². The monoisotopic (exact) mass is 260 g/mol. The second-order valence-electron chi connectivity index (χ2n) is 4.45. The first-order valence-electron chi connectivity index (χ1n) is 6.23. The first-order valence-corrected chi connectivity index (χ1v) is 6.23. The minimum absolute atomic E-state index is 0.610. The molecule has 0 aliphatic heterocycles. The minimum Gasteiger partial charge on any atom is -0.314 e. The van der Waals surface area contributed by atoms with Gasteiger partial charge in [-0.15, -0.1) is 0 Å². The Kier molecular flexibility index (Phi) is 3.02. The third-order valence-corrected chi connectivity index (χ3v) is 3.14. The highest BCUT2D eigenvalue weighted by Gasteiger charge is 2.08. The van der Waals surface area contributed by atoms with Crippen LogP contribution in [-0.4, -0.2) is 17.0 Å². The Hall–Kier alpha value is -2.93. The van der Waals surface area contributed by atoms with E-state index in [2.05, 4.69) is 16.0 Å². The maximum absolute atomic E-state index is 8.96. The van der Waals surface area contributed by atoms with E-state index in [4.69, 9.17) is 5.26 Å². The Bertz CT molecular complexity index is 805. The van der Waals surface area contributed by atoms with Crippen LogP contribution in [0, 0.1) is 11.3 Å². The van der Waals surface area contributed by atoms with Crippen LogP contribution in [-0.2, 0) is 0 Å². The molecule has 0 saturated carbocycles. The molecule has 1 aromatic heterocycles. The standard InChI is InChI=1S/C16H12N4/c1-20(14-7-4-5-12(9-14)10-17)16-18-11-13-6-2-3-8-15(13)19-16/h2-9,11H,1H3. The summed E-state index contributed by atoms with van der Waals surface area (Å²) in [7, 11) is 1.89. The summed E-state index contributed by atoms with van der Waals surface area (Å²) in [4.78, 5) is 10.8. The summed E-state index contributed by atoms with van der Waals surface area (Å²) in [6, 6.07) is 17.4. The molecule has 0 fully saturated rings. The number of rotatable bonds is 2. The molecule has 0 spiro atoms. The van der Waals surface area contributed by atoms with E-state index in [1.807, 2.05) is 60.6 Å². The van der Waals surface area contributed by atoms with Crippen LogP contribution in [0.3, 0.4) is 0 Å². The highest BCUT2D eigenvalue weighted by Crippen LogP contribution is 2.22. The highest BCUT2D eigenvalue weighted by molar-refractivity contribution is 5.79. The molecule has 0 unspecified atom stereocenters. The number of benzene rings is 2. The number of fused-ring (bicyclic) bond motifs is 1. The lowest BCUT2D eigenvalue weighted by Gasteiger charge is -2.17. The first kappa shape index (κ1) is 12.1. The molecule has 4 nitrogen and oxygen atoms in total. The van der Waals surface area contributed by atoms with Crippen molar-refractivity contribution >= 4 is 22.5 Å². The number of aromatic nitrogens is 2. The van der Waals surface area contributed by atoms with Gasteiger partial charge in [-0.1, -0.05) is 24.3 Å². The highest BCUT2D eigenvalue weighted by atomic mass is 15.2. The fourth-order valence-electron chi connectivity index (χ4n) is 2.02. The summed E-state index contributed by atoms with van der Waals surface area (Å²) in [5.74, 6) is 0.610. The molecular formula is C16H12N4. The third kappa shape index (κ3) is 2.17. The smallest absolute Gasteiger partial charge is 0.230 e. The molecule has 1 heterocycles. The van der Waals surface area contributed by atoms with Gasteiger partial charge in [-0.2, -0.15) is 5.26 Å². The van der Waals surface area contributed by atoms with Gasteiger partial charge in [0.1, 0.15) is 0 Å². The summed E-state index contributed by atoms with van der Waals surface area (Å²) in [5.41, 5.74) is 2.41. The van der Waals surface area contributed by atoms with Gasteiger partial charge in [-0.05, 0) is 24.3 Å². The summed E-state index contributed by atoms with van der Waals surface area (Å²) < 4.78 is 0. The Morgan fingerprint density at radius 3 is 2.80 bits per heavy atom. The zero-order valence-electron chi connectivity index (χ0n) is 11.0. The zero-order valence-corrected chi connectivity index (χ0v) is 11.0. The van der Waals surface area contributed by atoms with Crippen LogP contribution in [0.25, 0.3) is 10.9 Å². The van der Waals surface area contributed by atoms with Crippen molar-refractivity contribution in [1.82, 2.24) is 9.97 Å². The van der Waals surface area contributed by atoms with Crippen molar-refractivity contribution in [2.75, 3.05) is 11.9 Å². The van der Waals surface area contributed by atoms with Gasteiger partial charge in [0.15, 0.2) is 0 Å². The lowest BCUT2D eigenvalue weighted by atomic mass is 10.2. The van der Waals surface area contributed by atoms with E-state index in [1.54, 1.807) is 6.07 Å². The molecule has 0 atom stereocenters. The van der Waals surface area contributed by atoms with Crippen LogP contribution in [0.4, 0.5) is 11.6 Å². The number of nitrogens with zero attached hydrogens (tertiary/aromatic N) is 4. The molecule has 0 bridgehead atoms. The van der Waals surface area contributed by atoms with Crippen LogP contribution in [0.5, 0.6) is 0 Å². The number of anilines is 2. The summed E-state index contributed by atoms with van der Waals surface area (Å²) in [6.45, 7) is 0. The Balaban J connectivity index is 2.03. The van der Waals surface area contributed by atoms with Crippen molar-refractivity contribution < 1.29 is 0 Å². The van der Waals surface area contributed by atoms with Crippen molar-refractivity contribution in [3.05, 3.63) is 60.3 Å². The minimum atomic E-state index is 0.610. The molecule has 0 radical (unpaired) electrons. The summed E-state index contributed by atoms with van der Waals surface area (Å²) >= 11 is 0. The van der Waals surface area contributed by atoms with Crippen LogP contribution in [0.15, 0.2) is 54.7 Å². The summed E-state index contributed by atoms with van der Waals surface area (Å²) in [6.07, 6.45) is 1.81. The molecule has 0 amide bonds. The van der Waals surface area contributed by atoms with E-state index in [0.717, 1.165) is 16.6 Å². The molecular weight excluding hydrogens is 248 g/mol. The van der Waals surface area contributed by atoms with E-state index in [0.29, 0.717) is 11.5 Å². The van der Waals surface area contributed by atoms with Gasteiger partial charge in [-0.3, -0.25) is 0 Å². The van der Waals surface area contributed by atoms with Crippen LogP contribution in [0.2, 0.25) is 0 Å². The largest absolute Gasteiger partial charge is 0.314 e. The molecule has 0 aliphatic rings. The van der Waals surface area contributed by atoms with Gasteiger partial charge >= 0.3 is 0 Å². The second kappa shape index (κ2) is 4.98. The predicted molar refractivity (Wildman–Crippen MR) is 78.8 cm³/mol. The maximum Gasteiger partial charge on any atom is 0.230 e. The van der Waals surface area contributed by atoms with Crippen LogP contribution >= 0.6 is 0 Å².